The lowest BCUT2D eigenvalue weighted by molar-refractivity contribution is 0.541. The van der Waals surface area contributed by atoms with Crippen LogP contribution in [0, 0.1) is 17.1 Å². The summed E-state index contributed by atoms with van der Waals surface area (Å²) in [6, 6.07) is 6.36. The predicted molar refractivity (Wildman–Crippen MR) is 107 cm³/mol. The molecule has 3 aromatic rings. The van der Waals surface area contributed by atoms with E-state index in [9.17, 15) is 18.4 Å². The summed E-state index contributed by atoms with van der Waals surface area (Å²) in [5.74, 6) is 0.0239. The highest BCUT2D eigenvalue weighted by atomic mass is 32.2. The zero-order valence-electron chi connectivity index (χ0n) is 15.2. The fraction of sp³-hybridized carbons (Fsp3) is 0.278. The van der Waals surface area contributed by atoms with Gasteiger partial charge in [0.1, 0.15) is 23.4 Å². The Hall–Kier alpha value is -3.23. The van der Waals surface area contributed by atoms with Gasteiger partial charge in [-0.2, -0.15) is 15.2 Å². The third-order valence-electron chi connectivity index (χ3n) is 4.77. The number of aromatic amines is 1. The van der Waals surface area contributed by atoms with Gasteiger partial charge in [-0.1, -0.05) is 12.8 Å². The van der Waals surface area contributed by atoms with Crippen molar-refractivity contribution in [1.29, 1.82) is 5.26 Å². The molecule has 1 aliphatic rings. The summed E-state index contributed by atoms with van der Waals surface area (Å²) in [7, 11) is 0. The molecule has 1 aliphatic carbocycles. The first-order valence-corrected chi connectivity index (χ1v) is 10.1. The molecule has 1 saturated carbocycles. The van der Waals surface area contributed by atoms with Crippen LogP contribution >= 0.6 is 0 Å². The molecule has 29 heavy (non-hydrogen) atoms. The first-order valence-electron chi connectivity index (χ1n) is 9.02. The standard InChI is InChI=1S/C18H18FN7O2S/c19-13-7-12(5-6-14(13)26-29(27)28)23-18-24-16-15(10(8-20)9-21-16)17(25-18)22-11-3-1-2-4-11/h5-7,9,11,26H,1-4H2,(H,27,28)(H3,21,22,23,24,25)/p-1. The van der Waals surface area contributed by atoms with E-state index in [0.29, 0.717) is 28.1 Å². The molecule has 1 aromatic carbocycles. The van der Waals surface area contributed by atoms with Crippen molar-refractivity contribution in [3.63, 3.8) is 0 Å². The lowest BCUT2D eigenvalue weighted by atomic mass is 10.2. The first-order chi connectivity index (χ1) is 14.0. The molecule has 9 nitrogen and oxygen atoms in total. The second-order valence-electron chi connectivity index (χ2n) is 6.72. The van der Waals surface area contributed by atoms with Crippen molar-refractivity contribution in [2.24, 2.45) is 0 Å². The zero-order chi connectivity index (χ0) is 20.4. The third-order valence-corrected chi connectivity index (χ3v) is 5.15. The van der Waals surface area contributed by atoms with Crippen molar-refractivity contribution in [3.8, 4) is 6.07 Å². The predicted octanol–water partition coefficient (Wildman–Crippen LogP) is 3.27. The van der Waals surface area contributed by atoms with Crippen LogP contribution in [-0.4, -0.2) is 29.8 Å². The summed E-state index contributed by atoms with van der Waals surface area (Å²) in [6.45, 7) is 0. The molecule has 150 valence electrons. The van der Waals surface area contributed by atoms with Crippen molar-refractivity contribution >= 4 is 45.4 Å². The van der Waals surface area contributed by atoms with Crippen molar-refractivity contribution < 1.29 is 13.2 Å². The molecular formula is C18H17FN7O2S-. The Morgan fingerprint density at radius 2 is 2.10 bits per heavy atom. The van der Waals surface area contributed by atoms with Gasteiger partial charge in [-0.25, -0.2) is 4.39 Å². The minimum atomic E-state index is -2.62. The third kappa shape index (κ3) is 4.13. The average molecular weight is 414 g/mol. The molecule has 11 heteroatoms. The van der Waals surface area contributed by atoms with Crippen molar-refractivity contribution in [1.82, 2.24) is 15.0 Å². The van der Waals surface area contributed by atoms with E-state index in [2.05, 4.69) is 31.7 Å². The molecule has 0 amide bonds. The number of hydrogen-bond acceptors (Lipinski definition) is 7. The number of anilines is 4. The van der Waals surface area contributed by atoms with Gasteiger partial charge in [0.15, 0.2) is 0 Å². The van der Waals surface area contributed by atoms with E-state index in [1.54, 1.807) is 6.20 Å². The number of benzene rings is 1. The maximum Gasteiger partial charge on any atom is 0.231 e. The molecule has 4 N–H and O–H groups in total. The zero-order valence-corrected chi connectivity index (χ0v) is 16.0. The van der Waals surface area contributed by atoms with Gasteiger partial charge in [0.05, 0.1) is 16.6 Å². The van der Waals surface area contributed by atoms with Crippen LogP contribution in [0.4, 0.5) is 27.5 Å². The van der Waals surface area contributed by atoms with Crippen LogP contribution in [0.15, 0.2) is 24.4 Å². The number of rotatable bonds is 6. The first kappa shape index (κ1) is 19.1. The molecule has 1 fully saturated rings. The molecule has 2 aromatic heterocycles. The Balaban J connectivity index is 1.66. The fourth-order valence-corrected chi connectivity index (χ4v) is 3.78. The molecule has 0 bridgehead atoms. The van der Waals surface area contributed by atoms with Crippen molar-refractivity contribution in [2.75, 3.05) is 15.4 Å². The summed E-state index contributed by atoms with van der Waals surface area (Å²) >= 11 is -2.62. The number of halogens is 1. The number of fused-ring (bicyclic) bond motifs is 1. The molecule has 0 radical (unpaired) electrons. The van der Waals surface area contributed by atoms with Gasteiger partial charge in [-0.05, 0) is 31.0 Å². The lowest BCUT2D eigenvalue weighted by Crippen LogP contribution is -2.16. The van der Waals surface area contributed by atoms with Gasteiger partial charge in [0.2, 0.25) is 5.95 Å². The van der Waals surface area contributed by atoms with E-state index < -0.39 is 17.1 Å². The number of nitrogens with zero attached hydrogens (tertiary/aromatic N) is 3. The van der Waals surface area contributed by atoms with Crippen molar-refractivity contribution in [3.05, 3.63) is 35.8 Å². The van der Waals surface area contributed by atoms with Gasteiger partial charge in [-0.3, -0.25) is 4.21 Å². The van der Waals surface area contributed by atoms with E-state index in [4.69, 9.17) is 0 Å². The van der Waals surface area contributed by atoms with Crippen LogP contribution in [0.25, 0.3) is 11.0 Å². The Bertz CT molecular complexity index is 1120. The number of nitrogens with one attached hydrogen (secondary N) is 4. The highest BCUT2D eigenvalue weighted by Crippen LogP contribution is 2.30. The Labute approximate surface area is 168 Å². The largest absolute Gasteiger partial charge is 0.755 e. The monoisotopic (exact) mass is 414 g/mol. The number of H-pyrrole nitrogens is 1. The molecule has 0 aliphatic heterocycles. The van der Waals surface area contributed by atoms with Crippen LogP contribution in [0.5, 0.6) is 0 Å². The quantitative estimate of drug-likeness (QED) is 0.454. The molecule has 2 heterocycles. The fourth-order valence-electron chi connectivity index (χ4n) is 3.44. The van der Waals surface area contributed by atoms with Gasteiger partial charge >= 0.3 is 0 Å². The summed E-state index contributed by atoms with van der Waals surface area (Å²) < 4.78 is 37.4. The Kier molecular flexibility index (Phi) is 5.28. The minimum Gasteiger partial charge on any atom is -0.755 e. The molecule has 1 unspecified atom stereocenters. The topological polar surface area (TPSA) is 142 Å². The Morgan fingerprint density at radius 1 is 1.31 bits per heavy atom. The van der Waals surface area contributed by atoms with Gasteiger partial charge < -0.3 is 24.9 Å². The summed E-state index contributed by atoms with van der Waals surface area (Å²) in [5, 5.41) is 16.3. The van der Waals surface area contributed by atoms with Gasteiger partial charge in [0, 0.05) is 29.2 Å². The highest BCUT2D eigenvalue weighted by Gasteiger charge is 2.20. The second-order valence-corrected chi connectivity index (χ2v) is 7.39. The van der Waals surface area contributed by atoms with E-state index in [1.165, 1.54) is 12.1 Å². The number of hydrogen-bond donors (Lipinski definition) is 4. The van der Waals surface area contributed by atoms with E-state index >= 15 is 0 Å². The van der Waals surface area contributed by atoms with Gasteiger partial charge in [0.25, 0.3) is 0 Å². The number of nitriles is 1. The maximum absolute atomic E-state index is 14.1. The normalized spacial score (nSPS) is 15.2. The molecule has 1 atom stereocenters. The SMILES string of the molecule is N#Cc1c[nH]c2nc(Nc3ccc(NS(=O)[O-])c(F)c3)nc(NC3CCCC3)c12. The van der Waals surface area contributed by atoms with Crippen LogP contribution in [-0.2, 0) is 11.3 Å². The van der Waals surface area contributed by atoms with E-state index in [-0.39, 0.29) is 17.7 Å². The van der Waals surface area contributed by atoms with E-state index in [0.717, 1.165) is 31.7 Å². The lowest BCUT2D eigenvalue weighted by Gasteiger charge is -2.15. The molecule has 0 saturated heterocycles. The van der Waals surface area contributed by atoms with Gasteiger partial charge in [-0.15, -0.1) is 0 Å². The second kappa shape index (κ2) is 8.02. The van der Waals surface area contributed by atoms with Crippen LogP contribution in [0.3, 0.4) is 0 Å². The molecule has 0 spiro atoms. The highest BCUT2D eigenvalue weighted by molar-refractivity contribution is 7.80. The summed E-state index contributed by atoms with van der Waals surface area (Å²) in [6.07, 6.45) is 5.92. The average Bonchev–Trinajstić information content (AvgIpc) is 3.33. The molecule has 4 rings (SSSR count). The minimum absolute atomic E-state index is 0.160. The molecular weight excluding hydrogens is 397 g/mol. The van der Waals surface area contributed by atoms with E-state index in [1.807, 2.05) is 4.72 Å². The van der Waals surface area contributed by atoms with Crippen LogP contribution in [0.2, 0.25) is 0 Å². The van der Waals surface area contributed by atoms with Crippen LogP contribution in [0.1, 0.15) is 31.2 Å². The maximum atomic E-state index is 14.1. The smallest absolute Gasteiger partial charge is 0.231 e. The Morgan fingerprint density at radius 3 is 2.79 bits per heavy atom. The van der Waals surface area contributed by atoms with Crippen molar-refractivity contribution in [2.45, 2.75) is 31.7 Å². The summed E-state index contributed by atoms with van der Waals surface area (Å²) in [5.41, 5.74) is 1.12. The summed E-state index contributed by atoms with van der Waals surface area (Å²) in [4.78, 5) is 11.8. The van der Waals surface area contributed by atoms with Crippen LogP contribution < -0.4 is 15.4 Å². The number of aromatic nitrogens is 3.